The molecular formula is C17H19FN4O3. The van der Waals surface area contributed by atoms with Crippen molar-refractivity contribution in [3.05, 3.63) is 35.6 Å². The van der Waals surface area contributed by atoms with Crippen LogP contribution in [0.3, 0.4) is 0 Å². The lowest BCUT2D eigenvalue weighted by Gasteiger charge is -2.21. The number of halogens is 1. The van der Waals surface area contributed by atoms with Gasteiger partial charge in [-0.2, -0.15) is 10.2 Å². The predicted octanol–water partition coefficient (Wildman–Crippen LogP) is 1.10. The number of hydrogen-bond acceptors (Lipinski definition) is 5. The summed E-state index contributed by atoms with van der Waals surface area (Å²) in [6.45, 7) is 4.59. The number of hydrogen-bond donors (Lipinski definition) is 1. The van der Waals surface area contributed by atoms with Gasteiger partial charge in [0, 0.05) is 19.8 Å². The van der Waals surface area contributed by atoms with Crippen LogP contribution in [-0.4, -0.2) is 57.1 Å². The van der Waals surface area contributed by atoms with Gasteiger partial charge in [-0.3, -0.25) is 9.59 Å². The normalized spacial score (nSPS) is 25.9. The standard InChI is InChI=1S/C17H19FN4O3/c1-10(23)21-8-14(12-4-6-13(18)7-5-12)15(19-21)16-17(3,25)9-22(20-16)11(2)24/h4-7,14,25H,8-9H2,1-3H3. The van der Waals surface area contributed by atoms with Crippen LogP contribution < -0.4 is 0 Å². The smallest absolute Gasteiger partial charge is 0.239 e. The van der Waals surface area contributed by atoms with E-state index < -0.39 is 5.60 Å². The first-order valence-corrected chi connectivity index (χ1v) is 7.91. The molecule has 132 valence electrons. The summed E-state index contributed by atoms with van der Waals surface area (Å²) in [7, 11) is 0. The fraction of sp³-hybridized carbons (Fsp3) is 0.412. The molecule has 0 spiro atoms. The van der Waals surface area contributed by atoms with Crippen LogP contribution >= 0.6 is 0 Å². The lowest BCUT2D eigenvalue weighted by molar-refractivity contribution is -0.130. The van der Waals surface area contributed by atoms with Crippen LogP contribution in [-0.2, 0) is 9.59 Å². The van der Waals surface area contributed by atoms with E-state index in [9.17, 15) is 19.1 Å². The molecule has 0 fully saturated rings. The molecule has 0 saturated carbocycles. The molecule has 0 radical (unpaired) electrons. The zero-order valence-corrected chi connectivity index (χ0v) is 14.2. The Balaban J connectivity index is 2.04. The maximum absolute atomic E-state index is 13.2. The van der Waals surface area contributed by atoms with Gasteiger partial charge < -0.3 is 5.11 Å². The molecule has 8 heteroatoms. The first-order chi connectivity index (χ1) is 11.7. The Morgan fingerprint density at radius 3 is 2.28 bits per heavy atom. The summed E-state index contributed by atoms with van der Waals surface area (Å²) in [6.07, 6.45) is 0. The van der Waals surface area contributed by atoms with Crippen molar-refractivity contribution in [2.75, 3.05) is 13.1 Å². The zero-order chi connectivity index (χ0) is 18.4. The number of aliphatic hydroxyl groups is 1. The molecule has 2 aliphatic heterocycles. The van der Waals surface area contributed by atoms with Crippen molar-refractivity contribution in [3.8, 4) is 0 Å². The summed E-state index contributed by atoms with van der Waals surface area (Å²) >= 11 is 0. The molecular weight excluding hydrogens is 327 g/mol. The Morgan fingerprint density at radius 1 is 1.16 bits per heavy atom. The van der Waals surface area contributed by atoms with Gasteiger partial charge in [0.25, 0.3) is 0 Å². The minimum atomic E-state index is -1.38. The van der Waals surface area contributed by atoms with Crippen LogP contribution in [0.2, 0.25) is 0 Å². The molecule has 0 bridgehead atoms. The summed E-state index contributed by atoms with van der Waals surface area (Å²) < 4.78 is 13.2. The Bertz CT molecular complexity index is 786. The van der Waals surface area contributed by atoms with Gasteiger partial charge in [-0.25, -0.2) is 14.4 Å². The Labute approximate surface area is 144 Å². The fourth-order valence-electron chi connectivity index (χ4n) is 3.01. The summed E-state index contributed by atoms with van der Waals surface area (Å²) in [6, 6.07) is 5.90. The Morgan fingerprint density at radius 2 is 1.76 bits per heavy atom. The van der Waals surface area contributed by atoms with E-state index in [1.165, 1.54) is 36.0 Å². The van der Waals surface area contributed by atoms with Crippen molar-refractivity contribution in [1.82, 2.24) is 10.0 Å². The third-order valence-electron chi connectivity index (χ3n) is 4.34. The second kappa shape index (κ2) is 6.03. The van der Waals surface area contributed by atoms with E-state index >= 15 is 0 Å². The maximum Gasteiger partial charge on any atom is 0.239 e. The molecule has 2 unspecified atom stereocenters. The third-order valence-corrected chi connectivity index (χ3v) is 4.34. The number of hydrazone groups is 2. The monoisotopic (exact) mass is 346 g/mol. The summed E-state index contributed by atoms with van der Waals surface area (Å²) in [5.41, 5.74) is 0.0373. The molecule has 7 nitrogen and oxygen atoms in total. The highest BCUT2D eigenvalue weighted by Crippen LogP contribution is 2.31. The molecule has 2 amide bonds. The Kier molecular flexibility index (Phi) is 4.16. The van der Waals surface area contributed by atoms with E-state index in [-0.39, 0.29) is 42.4 Å². The van der Waals surface area contributed by atoms with Crippen molar-refractivity contribution >= 4 is 23.2 Å². The van der Waals surface area contributed by atoms with Crippen molar-refractivity contribution < 1.29 is 19.1 Å². The van der Waals surface area contributed by atoms with Crippen LogP contribution in [0.4, 0.5) is 4.39 Å². The molecule has 0 saturated heterocycles. The molecule has 1 aromatic rings. The van der Waals surface area contributed by atoms with Crippen LogP contribution in [0.1, 0.15) is 32.3 Å². The number of benzene rings is 1. The molecule has 2 aliphatic rings. The average molecular weight is 346 g/mol. The van der Waals surface area contributed by atoms with Crippen LogP contribution in [0.5, 0.6) is 0 Å². The van der Waals surface area contributed by atoms with E-state index in [2.05, 4.69) is 10.2 Å². The molecule has 25 heavy (non-hydrogen) atoms. The highest BCUT2D eigenvalue weighted by Gasteiger charge is 2.45. The van der Waals surface area contributed by atoms with E-state index in [1.807, 2.05) is 0 Å². The number of amides is 2. The summed E-state index contributed by atoms with van der Waals surface area (Å²) in [5.74, 6) is -1.27. The maximum atomic E-state index is 13.2. The minimum Gasteiger partial charge on any atom is -0.382 e. The fourth-order valence-corrected chi connectivity index (χ4v) is 3.01. The first kappa shape index (κ1) is 17.2. The quantitative estimate of drug-likeness (QED) is 0.870. The number of nitrogens with zero attached hydrogens (tertiary/aromatic N) is 4. The molecule has 1 aromatic carbocycles. The molecule has 0 aromatic heterocycles. The zero-order valence-electron chi connectivity index (χ0n) is 14.2. The van der Waals surface area contributed by atoms with Gasteiger partial charge in [-0.15, -0.1) is 0 Å². The van der Waals surface area contributed by atoms with Gasteiger partial charge in [-0.1, -0.05) is 12.1 Å². The average Bonchev–Trinajstić information content (AvgIpc) is 3.09. The second-order valence-corrected chi connectivity index (χ2v) is 6.49. The minimum absolute atomic E-state index is 0.0207. The summed E-state index contributed by atoms with van der Waals surface area (Å²) in [4.78, 5) is 23.4. The SMILES string of the molecule is CC(=O)N1CC(c2ccc(F)cc2)C(C2=NN(C(C)=O)CC2(C)O)=N1. The predicted molar refractivity (Wildman–Crippen MR) is 89.4 cm³/mol. The molecule has 3 rings (SSSR count). The number of β-amino-alcohol motifs (C(OH)–C–C–N with tert-alkyl or cyclic N) is 1. The molecule has 1 N–H and O–H groups in total. The largest absolute Gasteiger partial charge is 0.382 e. The lowest BCUT2D eigenvalue weighted by Crippen LogP contribution is -2.43. The van der Waals surface area contributed by atoms with Gasteiger partial charge in [0.05, 0.1) is 18.8 Å². The topological polar surface area (TPSA) is 85.6 Å². The third kappa shape index (κ3) is 3.17. The van der Waals surface area contributed by atoms with Gasteiger partial charge >= 0.3 is 0 Å². The van der Waals surface area contributed by atoms with Gasteiger partial charge in [0.2, 0.25) is 11.8 Å². The molecule has 2 atom stereocenters. The van der Waals surface area contributed by atoms with Crippen molar-refractivity contribution in [2.45, 2.75) is 32.3 Å². The second-order valence-electron chi connectivity index (χ2n) is 6.49. The van der Waals surface area contributed by atoms with Gasteiger partial charge in [0.15, 0.2) is 0 Å². The lowest BCUT2D eigenvalue weighted by atomic mass is 9.86. The molecule has 0 aliphatic carbocycles. The summed E-state index contributed by atoms with van der Waals surface area (Å²) in [5, 5.41) is 21.7. The Hall–Kier alpha value is -2.61. The van der Waals surface area contributed by atoms with Gasteiger partial charge in [-0.05, 0) is 24.6 Å². The van der Waals surface area contributed by atoms with E-state index in [4.69, 9.17) is 0 Å². The highest BCUT2D eigenvalue weighted by atomic mass is 19.1. The van der Waals surface area contributed by atoms with Crippen LogP contribution in [0.15, 0.2) is 34.5 Å². The number of carbonyl (C=O) groups excluding carboxylic acids is 2. The van der Waals surface area contributed by atoms with Crippen LogP contribution in [0.25, 0.3) is 0 Å². The first-order valence-electron chi connectivity index (χ1n) is 7.91. The van der Waals surface area contributed by atoms with E-state index in [0.717, 1.165) is 5.56 Å². The van der Waals surface area contributed by atoms with Crippen molar-refractivity contribution in [2.24, 2.45) is 10.2 Å². The highest BCUT2D eigenvalue weighted by molar-refractivity contribution is 6.48. The van der Waals surface area contributed by atoms with Gasteiger partial charge in [0.1, 0.15) is 17.1 Å². The van der Waals surface area contributed by atoms with E-state index in [1.54, 1.807) is 19.1 Å². The van der Waals surface area contributed by atoms with Crippen LogP contribution in [0, 0.1) is 5.82 Å². The van der Waals surface area contributed by atoms with Crippen molar-refractivity contribution in [1.29, 1.82) is 0 Å². The number of carbonyl (C=O) groups is 2. The molecule has 2 heterocycles. The van der Waals surface area contributed by atoms with Crippen molar-refractivity contribution in [3.63, 3.8) is 0 Å². The number of rotatable bonds is 2. The van der Waals surface area contributed by atoms with E-state index in [0.29, 0.717) is 5.71 Å².